The van der Waals surface area contributed by atoms with Gasteiger partial charge < -0.3 is 24.8 Å². The van der Waals surface area contributed by atoms with E-state index in [1.807, 2.05) is 22.7 Å². The molecule has 0 amide bonds. The Hall–Kier alpha value is -1.78. The van der Waals surface area contributed by atoms with Crippen LogP contribution in [0.4, 0.5) is 0 Å². The standard InChI is InChI=1S/C35H28S2Si.2ClH.Zr/c1-21(2)26-19-29-33-24(20-38(3)4)12-8-14-30(33)37-35(29)27(26)16-22-17-28-32(18-22)36-31-15-9-13-25(34(28)31)23-10-6-5-7-11-23;;;/h5-17,19-21H,1-4H3;2*1H;/q;;;+2/p-2. The molecule has 0 aliphatic heterocycles. The van der Waals surface area contributed by atoms with E-state index in [2.05, 4.69) is 118 Å². The summed E-state index contributed by atoms with van der Waals surface area (Å²) >= 11 is 5.42. The van der Waals surface area contributed by atoms with Crippen molar-refractivity contribution in [2.45, 2.75) is 26.9 Å². The van der Waals surface area contributed by atoms with E-state index in [1.165, 1.54) is 102 Å². The van der Waals surface area contributed by atoms with E-state index < -0.39 is 8.41 Å². The molecule has 0 N–H and O–H groups in total. The molecule has 0 spiro atoms. The second-order valence-corrected chi connectivity index (χ2v) is 16.7. The van der Waals surface area contributed by atoms with E-state index in [0.717, 1.165) is 0 Å². The number of hydrogen-bond donors (Lipinski definition) is 0. The molecule has 0 fully saturated rings. The number of rotatable bonds is 4. The predicted octanol–water partition coefficient (Wildman–Crippen LogP) is 3.88. The summed E-state index contributed by atoms with van der Waals surface area (Å²) in [6.45, 7) is 9.42. The van der Waals surface area contributed by atoms with Gasteiger partial charge >= 0.3 is 256 Å². The first-order chi connectivity index (χ1) is 18.9. The maximum absolute atomic E-state index is 2.51. The molecule has 0 bridgehead atoms. The first kappa shape index (κ1) is 30.7. The number of halogens is 2. The zero-order chi connectivity index (χ0) is 26.8. The summed E-state index contributed by atoms with van der Waals surface area (Å²) in [5.41, 5.74) is 13.7. The van der Waals surface area contributed by atoms with Gasteiger partial charge in [-0.15, -0.1) is 0 Å². The van der Waals surface area contributed by atoms with Crippen molar-refractivity contribution < 1.29 is 49.0 Å². The SMILES string of the molecule is CC(C)C1=Cc2c(sc3cccc(C=[Si](C)C)c23)C1=CC1=Cc2c(sc3cccc(-c4ccccc4)c23)[C]1=[Zr+2].[Cl-].[Cl-]. The third-order valence-electron chi connectivity index (χ3n) is 7.66. The average Bonchev–Trinajstić information content (AvgIpc) is 3.64. The smallest absolute Gasteiger partial charge is 1.00 e. The minimum absolute atomic E-state index is 0. The van der Waals surface area contributed by atoms with Gasteiger partial charge in [0.25, 0.3) is 0 Å². The van der Waals surface area contributed by atoms with Crippen molar-refractivity contribution in [3.05, 3.63) is 110 Å². The Morgan fingerprint density at radius 1 is 0.756 bits per heavy atom. The van der Waals surface area contributed by atoms with Crippen LogP contribution in [0.1, 0.15) is 40.3 Å². The molecular formula is C35H28Cl2S2SiZr. The van der Waals surface area contributed by atoms with Crippen molar-refractivity contribution >= 4 is 77.9 Å². The maximum atomic E-state index is 2.51. The fourth-order valence-electron chi connectivity index (χ4n) is 5.94. The second-order valence-electron chi connectivity index (χ2n) is 11.0. The fraction of sp³-hybridized carbons (Fsp3) is 0.143. The Labute approximate surface area is 278 Å². The van der Waals surface area contributed by atoms with E-state index in [-0.39, 0.29) is 24.8 Å². The Kier molecular flexibility index (Phi) is 9.03. The Morgan fingerprint density at radius 3 is 2.12 bits per heavy atom. The molecular weight excluding hydrogens is 675 g/mol. The van der Waals surface area contributed by atoms with Gasteiger partial charge in [0.15, 0.2) is 0 Å². The average molecular weight is 703 g/mol. The van der Waals surface area contributed by atoms with E-state index in [4.69, 9.17) is 0 Å². The van der Waals surface area contributed by atoms with Crippen molar-refractivity contribution in [1.29, 1.82) is 0 Å². The zero-order valence-electron chi connectivity index (χ0n) is 23.3. The van der Waals surface area contributed by atoms with Crippen LogP contribution in [0.15, 0.2) is 84.0 Å². The summed E-state index contributed by atoms with van der Waals surface area (Å²) < 4.78 is 4.28. The Bertz CT molecular complexity index is 1970. The van der Waals surface area contributed by atoms with E-state index in [9.17, 15) is 0 Å². The molecule has 2 aliphatic carbocycles. The molecule has 0 saturated carbocycles. The molecule has 2 aromatic heterocycles. The normalized spacial score (nSPS) is 14.6. The van der Waals surface area contributed by atoms with Gasteiger partial charge in [0.05, 0.1) is 0 Å². The van der Waals surface area contributed by atoms with E-state index in [1.54, 1.807) is 0 Å². The van der Waals surface area contributed by atoms with Crippen LogP contribution in [-0.2, 0) is 24.2 Å². The minimum atomic E-state index is -0.470. The van der Waals surface area contributed by atoms with Gasteiger partial charge in [-0.2, -0.15) is 0 Å². The van der Waals surface area contributed by atoms with Crippen molar-refractivity contribution in [2.24, 2.45) is 5.92 Å². The van der Waals surface area contributed by atoms with Gasteiger partial charge in [-0.3, -0.25) is 0 Å². The molecule has 0 unspecified atom stereocenters. The van der Waals surface area contributed by atoms with Crippen molar-refractivity contribution in [3.8, 4) is 11.1 Å². The molecule has 6 heteroatoms. The molecule has 0 radical (unpaired) electrons. The second kappa shape index (κ2) is 12.1. The first-order valence-electron chi connectivity index (χ1n) is 13.5. The van der Waals surface area contributed by atoms with Crippen LogP contribution >= 0.6 is 22.7 Å². The van der Waals surface area contributed by atoms with E-state index in [0.29, 0.717) is 5.92 Å². The molecule has 7 rings (SSSR count). The van der Waals surface area contributed by atoms with Crippen LogP contribution in [0.3, 0.4) is 0 Å². The monoisotopic (exact) mass is 700 g/mol. The first-order valence-corrected chi connectivity index (χ1v) is 18.9. The quantitative estimate of drug-likeness (QED) is 0.250. The van der Waals surface area contributed by atoms with Crippen molar-refractivity contribution in [3.63, 3.8) is 0 Å². The summed E-state index contributed by atoms with van der Waals surface area (Å²) in [5.74, 6) is 0.480. The van der Waals surface area contributed by atoms with Crippen LogP contribution in [-0.4, -0.2) is 17.3 Å². The number of fused-ring (bicyclic) bond motifs is 6. The molecule has 5 aromatic rings. The molecule has 3 aromatic carbocycles. The number of thiophene rings is 2. The summed E-state index contributed by atoms with van der Waals surface area (Å²) in [6, 6.07) is 24.5. The molecule has 2 heterocycles. The number of allylic oxidation sites excluding steroid dienone is 4. The van der Waals surface area contributed by atoms with Gasteiger partial charge in [-0.05, 0) is 0 Å². The minimum Gasteiger partial charge on any atom is -1.00 e. The van der Waals surface area contributed by atoms with E-state index >= 15 is 0 Å². The third-order valence-corrected chi connectivity index (χ3v) is 12.7. The number of benzene rings is 3. The third kappa shape index (κ3) is 5.20. The number of hydrogen-bond acceptors (Lipinski definition) is 2. The van der Waals surface area contributed by atoms with Crippen molar-refractivity contribution in [2.75, 3.05) is 0 Å². The van der Waals surface area contributed by atoms with Gasteiger partial charge in [0, 0.05) is 0 Å². The molecule has 0 saturated heterocycles. The largest absolute Gasteiger partial charge is 1.00 e. The van der Waals surface area contributed by atoms with Crippen LogP contribution in [0.2, 0.25) is 13.1 Å². The molecule has 0 nitrogen and oxygen atoms in total. The Balaban J connectivity index is 0.00000169. The zero-order valence-corrected chi connectivity index (χ0v) is 29.9. The predicted molar refractivity (Wildman–Crippen MR) is 175 cm³/mol. The summed E-state index contributed by atoms with van der Waals surface area (Å²) in [4.78, 5) is 2.91. The molecule has 41 heavy (non-hydrogen) atoms. The topological polar surface area (TPSA) is 0 Å². The van der Waals surface area contributed by atoms with Gasteiger partial charge in [0.2, 0.25) is 0 Å². The molecule has 0 atom stereocenters. The fourth-order valence-corrected chi connectivity index (χ4v) is 10.3. The van der Waals surface area contributed by atoms with Crippen LogP contribution in [0.25, 0.3) is 49.0 Å². The van der Waals surface area contributed by atoms with Crippen LogP contribution in [0.5, 0.6) is 0 Å². The van der Waals surface area contributed by atoms with Gasteiger partial charge in [-0.25, -0.2) is 0 Å². The Morgan fingerprint density at radius 2 is 1.41 bits per heavy atom. The summed E-state index contributed by atoms with van der Waals surface area (Å²) in [5, 5.41) is 2.86. The van der Waals surface area contributed by atoms with Crippen molar-refractivity contribution in [1.82, 2.24) is 0 Å². The van der Waals surface area contributed by atoms with Crippen LogP contribution < -0.4 is 24.8 Å². The van der Waals surface area contributed by atoms with Gasteiger partial charge in [-0.1, -0.05) is 0 Å². The summed E-state index contributed by atoms with van der Waals surface area (Å²) in [7, 11) is -0.470. The molecule has 2 aliphatic rings. The molecule has 202 valence electrons. The summed E-state index contributed by atoms with van der Waals surface area (Å²) in [6.07, 6.45) is 7.48. The van der Waals surface area contributed by atoms with Gasteiger partial charge in [0.1, 0.15) is 0 Å². The van der Waals surface area contributed by atoms with Crippen LogP contribution in [0, 0.1) is 5.92 Å². The maximum Gasteiger partial charge on any atom is -1.00 e.